The normalized spacial score (nSPS) is 14.8. The first kappa shape index (κ1) is 22.3. The van der Waals surface area contributed by atoms with Crippen LogP contribution >= 0.6 is 0 Å². The van der Waals surface area contributed by atoms with Crippen LogP contribution in [0.25, 0.3) is 0 Å². The maximum absolute atomic E-state index is 13.4. The molecule has 0 bridgehead atoms. The Bertz CT molecular complexity index is 453. The molecule has 0 saturated heterocycles. The van der Waals surface area contributed by atoms with Crippen molar-refractivity contribution in [1.82, 2.24) is 5.32 Å². The molecular weight excluding hydrogens is 348 g/mol. The van der Waals surface area contributed by atoms with Crippen LogP contribution in [0.15, 0.2) is 0 Å². The second-order valence-electron chi connectivity index (χ2n) is 5.91. The molecule has 0 rings (SSSR count). The fourth-order valence-electron chi connectivity index (χ4n) is 2.04. The van der Waals surface area contributed by atoms with E-state index in [0.29, 0.717) is 7.11 Å². The smallest absolute Gasteiger partial charge is 0.421 e. The van der Waals surface area contributed by atoms with E-state index in [1.807, 2.05) is 0 Å². The number of halogens is 6. The third-order valence-corrected chi connectivity index (χ3v) is 3.01. The Kier molecular flexibility index (Phi) is 6.56. The van der Waals surface area contributed by atoms with E-state index in [1.165, 1.54) is 20.8 Å². The summed E-state index contributed by atoms with van der Waals surface area (Å²) in [5, 5.41) is 0.821. The van der Waals surface area contributed by atoms with Gasteiger partial charge in [0.1, 0.15) is 5.60 Å². The lowest BCUT2D eigenvalue weighted by Crippen LogP contribution is -2.73. The van der Waals surface area contributed by atoms with Gasteiger partial charge in [0.25, 0.3) is 0 Å². The van der Waals surface area contributed by atoms with E-state index in [1.54, 1.807) is 0 Å². The van der Waals surface area contributed by atoms with Crippen molar-refractivity contribution in [3.8, 4) is 0 Å². The minimum absolute atomic E-state index is 0.649. The van der Waals surface area contributed by atoms with Gasteiger partial charge in [0.15, 0.2) is 0 Å². The van der Waals surface area contributed by atoms with Crippen molar-refractivity contribution in [3.63, 3.8) is 0 Å². The number of hydrogen-bond acceptors (Lipinski definition) is 4. The minimum atomic E-state index is -6.03. The van der Waals surface area contributed by atoms with E-state index >= 15 is 0 Å². The predicted octanol–water partition coefficient (Wildman–Crippen LogP) is 3.57. The van der Waals surface area contributed by atoms with E-state index in [0.717, 1.165) is 12.2 Å². The third kappa shape index (κ3) is 4.67. The fraction of sp³-hybridized carbons (Fsp3) is 0.846. The van der Waals surface area contributed by atoms with Crippen molar-refractivity contribution in [3.05, 3.63) is 0 Å². The van der Waals surface area contributed by atoms with Crippen LogP contribution in [0.5, 0.6) is 0 Å². The fourth-order valence-corrected chi connectivity index (χ4v) is 2.04. The zero-order valence-electron chi connectivity index (χ0n) is 13.7. The van der Waals surface area contributed by atoms with Crippen molar-refractivity contribution in [1.29, 1.82) is 0 Å². The van der Waals surface area contributed by atoms with Gasteiger partial charge in [0, 0.05) is 0 Å². The molecule has 1 N–H and O–H groups in total. The van der Waals surface area contributed by atoms with Gasteiger partial charge in [-0.05, 0) is 27.2 Å². The largest absolute Gasteiger partial charge is 0.469 e. The maximum atomic E-state index is 13.4. The van der Waals surface area contributed by atoms with Gasteiger partial charge in [-0.3, -0.25) is 10.1 Å². The molecule has 0 aliphatic carbocycles. The summed E-state index contributed by atoms with van der Waals surface area (Å²) in [4.78, 5) is 23.1. The first-order chi connectivity index (χ1) is 10.5. The molecule has 5 nitrogen and oxygen atoms in total. The third-order valence-electron chi connectivity index (χ3n) is 3.01. The molecule has 1 unspecified atom stereocenters. The Balaban J connectivity index is 6.25. The number of ether oxygens (including phenoxy) is 2. The van der Waals surface area contributed by atoms with Crippen LogP contribution in [0.1, 0.15) is 34.1 Å². The molecule has 0 saturated carbocycles. The Hall–Kier alpha value is -1.68. The summed E-state index contributed by atoms with van der Waals surface area (Å²) in [6.45, 7) is 4.71. The van der Waals surface area contributed by atoms with E-state index in [2.05, 4.69) is 9.47 Å². The molecule has 0 radical (unpaired) electrons. The van der Waals surface area contributed by atoms with Gasteiger partial charge in [-0.2, -0.15) is 26.3 Å². The molecule has 24 heavy (non-hydrogen) atoms. The second kappa shape index (κ2) is 7.06. The highest BCUT2D eigenvalue weighted by Gasteiger charge is 2.76. The molecule has 0 aliphatic heterocycles. The summed E-state index contributed by atoms with van der Waals surface area (Å²) < 4.78 is 88.9. The monoisotopic (exact) mass is 367 g/mol. The Morgan fingerprint density at radius 3 is 1.67 bits per heavy atom. The van der Waals surface area contributed by atoms with Crippen LogP contribution in [0.4, 0.5) is 31.1 Å². The number of esters is 1. The van der Waals surface area contributed by atoms with E-state index in [-0.39, 0.29) is 0 Å². The van der Waals surface area contributed by atoms with Gasteiger partial charge >= 0.3 is 24.4 Å². The second-order valence-corrected chi connectivity index (χ2v) is 5.91. The van der Waals surface area contributed by atoms with Gasteiger partial charge in [-0.15, -0.1) is 0 Å². The molecule has 0 fully saturated rings. The van der Waals surface area contributed by atoms with Gasteiger partial charge in [0.05, 0.1) is 13.0 Å². The van der Waals surface area contributed by atoms with Crippen LogP contribution in [-0.2, 0) is 14.3 Å². The summed E-state index contributed by atoms with van der Waals surface area (Å²) in [7, 11) is 0.649. The minimum Gasteiger partial charge on any atom is -0.469 e. The van der Waals surface area contributed by atoms with E-state index in [4.69, 9.17) is 0 Å². The number of amides is 1. The van der Waals surface area contributed by atoms with E-state index < -0.39 is 47.9 Å². The molecule has 1 amide bonds. The molecule has 0 aromatic rings. The molecule has 0 heterocycles. The lowest BCUT2D eigenvalue weighted by molar-refractivity contribution is -0.319. The van der Waals surface area contributed by atoms with E-state index in [9.17, 15) is 35.9 Å². The molecular formula is C13H19F6NO4. The first-order valence-corrected chi connectivity index (χ1v) is 6.76. The topological polar surface area (TPSA) is 64.6 Å². The van der Waals surface area contributed by atoms with Crippen molar-refractivity contribution in [2.45, 2.75) is 57.6 Å². The predicted molar refractivity (Wildman–Crippen MR) is 70.0 cm³/mol. The van der Waals surface area contributed by atoms with Crippen LogP contribution < -0.4 is 5.32 Å². The average molecular weight is 367 g/mol. The number of alkyl halides is 6. The maximum Gasteiger partial charge on any atom is 0.421 e. The summed E-state index contributed by atoms with van der Waals surface area (Å²) >= 11 is 0. The van der Waals surface area contributed by atoms with Crippen LogP contribution in [-0.4, -0.2) is 42.7 Å². The number of hydrogen-bond donors (Lipinski definition) is 1. The van der Waals surface area contributed by atoms with Crippen molar-refractivity contribution in [2.24, 2.45) is 5.92 Å². The number of carbonyl (C=O) groups excluding carboxylic acids is 2. The Morgan fingerprint density at radius 2 is 1.42 bits per heavy atom. The molecule has 142 valence electrons. The highest BCUT2D eigenvalue weighted by Crippen LogP contribution is 2.49. The zero-order chi connectivity index (χ0) is 19.6. The molecule has 11 heteroatoms. The van der Waals surface area contributed by atoms with Crippen molar-refractivity contribution in [2.75, 3.05) is 7.11 Å². The lowest BCUT2D eigenvalue weighted by Gasteiger charge is -2.41. The van der Waals surface area contributed by atoms with Crippen LogP contribution in [0.2, 0.25) is 0 Å². The van der Waals surface area contributed by atoms with Crippen molar-refractivity contribution >= 4 is 12.1 Å². The highest BCUT2D eigenvalue weighted by atomic mass is 19.4. The SMILES string of the molecule is CCC(C(=O)OC)C(NC(=O)OC(C)(C)C)(C(F)(F)F)C(F)(F)F. The quantitative estimate of drug-likeness (QED) is 0.609. The zero-order valence-corrected chi connectivity index (χ0v) is 13.7. The van der Waals surface area contributed by atoms with Crippen LogP contribution in [0.3, 0.4) is 0 Å². The average Bonchev–Trinajstić information content (AvgIpc) is 2.32. The number of carbonyl (C=O) groups is 2. The van der Waals surface area contributed by atoms with Crippen molar-refractivity contribution < 1.29 is 45.4 Å². The van der Waals surface area contributed by atoms with Gasteiger partial charge in [-0.1, -0.05) is 6.92 Å². The van der Waals surface area contributed by atoms with Gasteiger partial charge in [0.2, 0.25) is 5.54 Å². The Morgan fingerprint density at radius 1 is 1.00 bits per heavy atom. The number of alkyl carbamates (subject to hydrolysis) is 1. The summed E-state index contributed by atoms with van der Waals surface area (Å²) in [6.07, 6.45) is -14.9. The van der Waals surface area contributed by atoms with Gasteiger partial charge in [-0.25, -0.2) is 4.79 Å². The Labute approximate surface area is 134 Å². The number of methoxy groups -OCH3 is 1. The number of nitrogens with one attached hydrogen (secondary N) is 1. The van der Waals surface area contributed by atoms with Gasteiger partial charge < -0.3 is 9.47 Å². The molecule has 0 aromatic carbocycles. The molecule has 0 aliphatic rings. The summed E-state index contributed by atoms with van der Waals surface area (Å²) in [5.74, 6) is -4.50. The number of rotatable bonds is 4. The standard InChI is InChI=1S/C13H19F6NO4/c1-6-7(8(21)23-5)11(12(14,15)16,13(17,18)19)20-9(22)24-10(2,3)4/h7H,6H2,1-5H3,(H,20,22). The highest BCUT2D eigenvalue weighted by molar-refractivity contribution is 5.77. The molecule has 0 aromatic heterocycles. The first-order valence-electron chi connectivity index (χ1n) is 6.76. The lowest BCUT2D eigenvalue weighted by atomic mass is 9.80. The summed E-state index contributed by atoms with van der Waals surface area (Å²) in [5.41, 5.74) is -6.19. The molecule has 0 spiro atoms. The van der Waals surface area contributed by atoms with Crippen LogP contribution in [0, 0.1) is 5.92 Å². The molecule has 1 atom stereocenters. The summed E-state index contributed by atoms with van der Waals surface area (Å²) in [6, 6.07) is 0.